The number of aryl methyl sites for hydroxylation is 1. The molecule has 0 aliphatic carbocycles. The fraction of sp³-hybridized carbons (Fsp3) is 0.158. The van der Waals surface area contributed by atoms with Crippen LogP contribution in [0.15, 0.2) is 48.5 Å². The number of aromatic nitrogens is 2. The summed E-state index contributed by atoms with van der Waals surface area (Å²) in [6, 6.07) is 12.1. The second-order valence-electron chi connectivity index (χ2n) is 5.92. The molecule has 28 heavy (non-hydrogen) atoms. The minimum Gasteiger partial charge on any atom is -0.465 e. The average Bonchev–Trinajstić information content (AvgIpc) is 3.07. The fourth-order valence-electron chi connectivity index (χ4n) is 2.64. The number of methoxy groups -OCH3 is 1. The Morgan fingerprint density at radius 2 is 1.89 bits per heavy atom. The van der Waals surface area contributed by atoms with E-state index in [0.717, 1.165) is 16.3 Å². The third kappa shape index (κ3) is 3.96. The number of nitrogens with one attached hydrogen (secondary N) is 1. The van der Waals surface area contributed by atoms with Crippen LogP contribution in [0.1, 0.15) is 21.6 Å². The molecule has 2 aromatic carbocycles. The van der Waals surface area contributed by atoms with Gasteiger partial charge in [0.15, 0.2) is 5.69 Å². The maximum Gasteiger partial charge on any atom is 0.435 e. The smallest absolute Gasteiger partial charge is 0.435 e. The number of benzene rings is 2. The van der Waals surface area contributed by atoms with Crippen molar-refractivity contribution in [3.05, 3.63) is 70.4 Å². The predicted octanol–water partition coefficient (Wildman–Crippen LogP) is 5.38. The number of esters is 1. The molecule has 0 unspecified atom stereocenters. The maximum absolute atomic E-state index is 13.3. The summed E-state index contributed by atoms with van der Waals surface area (Å²) in [5, 5.41) is 6.84. The third-order valence-corrected chi connectivity index (χ3v) is 4.23. The molecule has 3 aromatic rings. The van der Waals surface area contributed by atoms with E-state index in [1.54, 1.807) is 31.2 Å². The van der Waals surface area contributed by atoms with Crippen molar-refractivity contribution in [2.75, 3.05) is 12.4 Å². The first-order valence-electron chi connectivity index (χ1n) is 8.09. The zero-order chi connectivity index (χ0) is 20.5. The van der Waals surface area contributed by atoms with Gasteiger partial charge in [-0.1, -0.05) is 29.8 Å². The summed E-state index contributed by atoms with van der Waals surface area (Å²) in [6.07, 6.45) is -4.63. The van der Waals surface area contributed by atoms with Gasteiger partial charge in [0, 0.05) is 11.1 Å². The van der Waals surface area contributed by atoms with Crippen LogP contribution in [-0.2, 0) is 10.9 Å². The highest BCUT2D eigenvalue weighted by Crippen LogP contribution is 2.34. The molecule has 0 fully saturated rings. The second kappa shape index (κ2) is 7.55. The summed E-state index contributed by atoms with van der Waals surface area (Å²) < 4.78 is 45.6. The van der Waals surface area contributed by atoms with E-state index in [2.05, 4.69) is 10.4 Å². The molecule has 1 aromatic heterocycles. The molecule has 3 rings (SSSR count). The van der Waals surface area contributed by atoms with E-state index in [1.807, 2.05) is 0 Å². The monoisotopic (exact) mass is 409 g/mol. The Kier molecular flexibility index (Phi) is 5.33. The van der Waals surface area contributed by atoms with Crippen molar-refractivity contribution < 1.29 is 22.7 Å². The van der Waals surface area contributed by atoms with E-state index in [4.69, 9.17) is 16.3 Å². The van der Waals surface area contributed by atoms with Gasteiger partial charge < -0.3 is 10.1 Å². The van der Waals surface area contributed by atoms with Crippen molar-refractivity contribution in [2.24, 2.45) is 0 Å². The van der Waals surface area contributed by atoms with Crippen molar-refractivity contribution in [1.82, 2.24) is 9.78 Å². The number of alkyl halides is 3. The highest BCUT2D eigenvalue weighted by atomic mass is 35.5. The Balaban J connectivity index is 2.14. The van der Waals surface area contributed by atoms with Crippen LogP contribution in [0, 0.1) is 6.92 Å². The van der Waals surface area contributed by atoms with Gasteiger partial charge in [-0.2, -0.15) is 18.3 Å². The molecule has 1 N–H and O–H groups in total. The standard InChI is InChI=1S/C19H15ClF3N3O2/c1-11-5-3-4-6-15(11)26-17(10-16(25-26)19(21,22)23)24-14-8-7-12(20)9-13(14)18(27)28-2/h3-10,24H,1-2H3. The van der Waals surface area contributed by atoms with Crippen LogP contribution < -0.4 is 5.32 Å². The number of rotatable bonds is 4. The van der Waals surface area contributed by atoms with Gasteiger partial charge in [0.25, 0.3) is 0 Å². The molecule has 5 nitrogen and oxygen atoms in total. The largest absolute Gasteiger partial charge is 0.465 e. The van der Waals surface area contributed by atoms with E-state index in [0.29, 0.717) is 5.69 Å². The first kappa shape index (κ1) is 19.8. The van der Waals surface area contributed by atoms with Crippen molar-refractivity contribution in [3.63, 3.8) is 0 Å². The molecular weight excluding hydrogens is 395 g/mol. The highest BCUT2D eigenvalue weighted by molar-refractivity contribution is 6.31. The first-order chi connectivity index (χ1) is 13.2. The van der Waals surface area contributed by atoms with Crippen LogP contribution in [0.25, 0.3) is 5.69 Å². The number of nitrogens with zero attached hydrogens (tertiary/aromatic N) is 2. The van der Waals surface area contributed by atoms with Crippen molar-refractivity contribution in [3.8, 4) is 5.69 Å². The average molecular weight is 410 g/mol. The Labute approximate surface area is 163 Å². The van der Waals surface area contributed by atoms with Gasteiger partial charge in [0.05, 0.1) is 24.0 Å². The molecule has 0 aliphatic heterocycles. The van der Waals surface area contributed by atoms with Crippen LogP contribution in [-0.4, -0.2) is 22.9 Å². The molecule has 1 heterocycles. The summed E-state index contributed by atoms with van der Waals surface area (Å²) in [5.74, 6) is -0.642. The number of hydrogen-bond donors (Lipinski definition) is 1. The number of ether oxygens (including phenoxy) is 1. The van der Waals surface area contributed by atoms with E-state index < -0.39 is 17.8 Å². The number of anilines is 2. The van der Waals surface area contributed by atoms with E-state index in [1.165, 1.54) is 25.3 Å². The lowest BCUT2D eigenvalue weighted by Gasteiger charge is -2.14. The summed E-state index contributed by atoms with van der Waals surface area (Å²) in [4.78, 5) is 12.0. The molecule has 0 radical (unpaired) electrons. The molecule has 0 atom stereocenters. The third-order valence-electron chi connectivity index (χ3n) is 3.99. The summed E-state index contributed by atoms with van der Waals surface area (Å²) in [7, 11) is 1.20. The predicted molar refractivity (Wildman–Crippen MR) is 99.4 cm³/mol. The van der Waals surface area contributed by atoms with Gasteiger partial charge in [0.1, 0.15) is 5.82 Å². The molecule has 0 aliphatic rings. The van der Waals surface area contributed by atoms with Gasteiger partial charge in [-0.05, 0) is 36.8 Å². The summed E-state index contributed by atoms with van der Waals surface area (Å²) >= 11 is 5.93. The molecule has 0 bridgehead atoms. The van der Waals surface area contributed by atoms with Crippen LogP contribution >= 0.6 is 11.6 Å². The van der Waals surface area contributed by atoms with Gasteiger partial charge in [-0.3, -0.25) is 0 Å². The molecule has 9 heteroatoms. The van der Waals surface area contributed by atoms with Crippen LogP contribution in [0.2, 0.25) is 5.02 Å². The van der Waals surface area contributed by atoms with Gasteiger partial charge in [-0.25, -0.2) is 9.48 Å². The molecule has 0 amide bonds. The van der Waals surface area contributed by atoms with Crippen molar-refractivity contribution >= 4 is 29.1 Å². The molecule has 0 saturated heterocycles. The highest BCUT2D eigenvalue weighted by Gasteiger charge is 2.35. The zero-order valence-corrected chi connectivity index (χ0v) is 15.6. The SMILES string of the molecule is COC(=O)c1cc(Cl)ccc1Nc1cc(C(F)(F)F)nn1-c1ccccc1C. The van der Waals surface area contributed by atoms with Gasteiger partial charge >= 0.3 is 12.1 Å². The lowest BCUT2D eigenvalue weighted by atomic mass is 10.1. The molecule has 0 spiro atoms. The van der Waals surface area contributed by atoms with Gasteiger partial charge in [0.2, 0.25) is 0 Å². The number of hydrogen-bond acceptors (Lipinski definition) is 4. The molecular formula is C19H15ClF3N3O2. The summed E-state index contributed by atoms with van der Waals surface area (Å²) in [6.45, 7) is 1.76. The Morgan fingerprint density at radius 3 is 2.54 bits per heavy atom. The maximum atomic E-state index is 13.3. The van der Waals surface area contributed by atoms with Crippen molar-refractivity contribution in [2.45, 2.75) is 13.1 Å². The van der Waals surface area contributed by atoms with Crippen LogP contribution in [0.3, 0.4) is 0 Å². The Bertz CT molecular complexity index is 1030. The number of carbonyl (C=O) groups is 1. The second-order valence-corrected chi connectivity index (χ2v) is 6.35. The number of para-hydroxylation sites is 1. The van der Waals surface area contributed by atoms with Gasteiger partial charge in [-0.15, -0.1) is 0 Å². The minimum atomic E-state index is -4.63. The van der Waals surface area contributed by atoms with E-state index in [9.17, 15) is 18.0 Å². The number of carbonyl (C=O) groups excluding carboxylic acids is 1. The summed E-state index contributed by atoms with van der Waals surface area (Å²) in [5.41, 5.74) is 0.452. The Morgan fingerprint density at radius 1 is 1.18 bits per heavy atom. The topological polar surface area (TPSA) is 56.1 Å². The lowest BCUT2D eigenvalue weighted by molar-refractivity contribution is -0.141. The quantitative estimate of drug-likeness (QED) is 0.587. The van der Waals surface area contributed by atoms with Crippen molar-refractivity contribution in [1.29, 1.82) is 0 Å². The molecule has 146 valence electrons. The van der Waals surface area contributed by atoms with Crippen LogP contribution in [0.5, 0.6) is 0 Å². The lowest BCUT2D eigenvalue weighted by Crippen LogP contribution is -2.09. The Hall–Kier alpha value is -3.00. The first-order valence-corrected chi connectivity index (χ1v) is 8.46. The normalized spacial score (nSPS) is 11.4. The fourth-order valence-corrected chi connectivity index (χ4v) is 2.81. The minimum absolute atomic E-state index is 0.0362. The van der Waals surface area contributed by atoms with Crippen LogP contribution in [0.4, 0.5) is 24.7 Å². The van der Waals surface area contributed by atoms with E-state index in [-0.39, 0.29) is 22.1 Å². The zero-order valence-electron chi connectivity index (χ0n) is 14.8. The number of halogens is 4. The molecule has 0 saturated carbocycles. The van der Waals surface area contributed by atoms with E-state index >= 15 is 0 Å².